The number of halogens is 1. The Hall–Kier alpha value is -2.73. The highest BCUT2D eigenvalue weighted by Crippen LogP contribution is 2.44. The van der Waals surface area contributed by atoms with Crippen LogP contribution < -0.4 is 10.1 Å². The summed E-state index contributed by atoms with van der Waals surface area (Å²) in [4.78, 5) is 0. The Balaban J connectivity index is 0.00000107. The van der Waals surface area contributed by atoms with Crippen molar-refractivity contribution in [1.82, 2.24) is 5.32 Å². The zero-order valence-electron chi connectivity index (χ0n) is 18.4. The van der Waals surface area contributed by atoms with Gasteiger partial charge in [0.15, 0.2) is 0 Å². The minimum atomic E-state index is -1.44. The summed E-state index contributed by atoms with van der Waals surface area (Å²) in [5.41, 5.74) is 0.685. The molecule has 0 aromatic heterocycles. The van der Waals surface area contributed by atoms with E-state index in [1.165, 1.54) is 12.1 Å². The van der Waals surface area contributed by atoms with Crippen LogP contribution in [-0.2, 0) is 5.60 Å². The lowest BCUT2D eigenvalue weighted by Crippen LogP contribution is -2.35. The van der Waals surface area contributed by atoms with Crippen molar-refractivity contribution in [2.75, 3.05) is 27.3 Å². The fraction of sp³-hybridized carbons (Fsp3) is 0.308. The maximum Gasteiger partial charge on any atom is 0.123 e. The molecule has 3 N–H and O–H groups in total. The fourth-order valence-electron chi connectivity index (χ4n) is 3.68. The van der Waals surface area contributed by atoms with Crippen molar-refractivity contribution in [2.24, 2.45) is 0 Å². The second-order valence-electron chi connectivity index (χ2n) is 7.21. The third kappa shape index (κ3) is 6.14. The van der Waals surface area contributed by atoms with Crippen LogP contribution in [-0.4, -0.2) is 37.5 Å². The Kier molecular flexibility index (Phi) is 9.66. The Bertz CT molecular complexity index is 885. The summed E-state index contributed by atoms with van der Waals surface area (Å²) in [6.07, 6.45) is 0.352. The molecule has 0 aliphatic heterocycles. The molecular formula is C26H32FNO3. The number of aliphatic hydroxyl groups excluding tert-OH is 1. The molecular weight excluding hydrogens is 393 g/mol. The summed E-state index contributed by atoms with van der Waals surface area (Å²) in [6.45, 7) is 2.38. The molecule has 3 aromatic carbocycles. The van der Waals surface area contributed by atoms with Crippen LogP contribution in [0.3, 0.4) is 0 Å². The van der Waals surface area contributed by atoms with E-state index in [9.17, 15) is 14.6 Å². The third-order valence-corrected chi connectivity index (χ3v) is 5.01. The summed E-state index contributed by atoms with van der Waals surface area (Å²) in [5, 5.41) is 24.5. The molecule has 0 amide bonds. The minimum Gasteiger partial charge on any atom is -0.494 e. The highest BCUT2D eigenvalue weighted by atomic mass is 19.1. The number of hydrogen-bond acceptors (Lipinski definition) is 4. The molecule has 0 radical (unpaired) electrons. The average molecular weight is 426 g/mol. The molecule has 2 atom stereocenters. The molecule has 0 bridgehead atoms. The van der Waals surface area contributed by atoms with Crippen LogP contribution in [0.2, 0.25) is 0 Å². The van der Waals surface area contributed by atoms with Gasteiger partial charge in [0.1, 0.15) is 17.2 Å². The van der Waals surface area contributed by atoms with Gasteiger partial charge < -0.3 is 20.3 Å². The van der Waals surface area contributed by atoms with Crippen LogP contribution in [0.1, 0.15) is 36.0 Å². The van der Waals surface area contributed by atoms with Gasteiger partial charge in [-0.1, -0.05) is 54.6 Å². The van der Waals surface area contributed by atoms with Crippen molar-refractivity contribution in [1.29, 1.82) is 0 Å². The number of nitrogens with one attached hydrogen (secondary N) is 1. The zero-order valence-corrected chi connectivity index (χ0v) is 18.4. The van der Waals surface area contributed by atoms with Crippen molar-refractivity contribution in [3.63, 3.8) is 0 Å². The predicted octanol–water partition coefficient (Wildman–Crippen LogP) is 4.46. The molecule has 4 nitrogen and oxygen atoms in total. The minimum absolute atomic E-state index is 0.0832. The number of ether oxygens (including phenoxy) is 1. The van der Waals surface area contributed by atoms with Crippen molar-refractivity contribution in [3.8, 4) is 5.75 Å². The van der Waals surface area contributed by atoms with E-state index in [0.717, 1.165) is 5.56 Å². The van der Waals surface area contributed by atoms with Gasteiger partial charge in [0.2, 0.25) is 0 Å². The summed E-state index contributed by atoms with van der Waals surface area (Å²) in [7, 11) is 3.75. The first-order valence-corrected chi connectivity index (χ1v) is 10.5. The Morgan fingerprint density at radius 1 is 0.903 bits per heavy atom. The monoisotopic (exact) mass is 425 g/mol. The first-order chi connectivity index (χ1) is 15.0. The van der Waals surface area contributed by atoms with E-state index < -0.39 is 11.5 Å². The number of aliphatic hydroxyl groups is 2. The molecule has 0 fully saturated rings. The Morgan fingerprint density at radius 3 is 1.90 bits per heavy atom. The van der Waals surface area contributed by atoms with Crippen molar-refractivity contribution in [2.45, 2.75) is 24.9 Å². The van der Waals surface area contributed by atoms with Crippen LogP contribution in [0.4, 0.5) is 4.39 Å². The van der Waals surface area contributed by atoms with E-state index in [2.05, 4.69) is 5.32 Å². The van der Waals surface area contributed by atoms with Gasteiger partial charge in [-0.05, 0) is 68.4 Å². The van der Waals surface area contributed by atoms with E-state index in [0.29, 0.717) is 29.9 Å². The lowest BCUT2D eigenvalue weighted by molar-refractivity contribution is 0.0392. The van der Waals surface area contributed by atoms with Gasteiger partial charge in [-0.25, -0.2) is 4.39 Å². The predicted molar refractivity (Wildman–Crippen MR) is 123 cm³/mol. The Morgan fingerprint density at radius 2 is 1.42 bits per heavy atom. The van der Waals surface area contributed by atoms with Crippen molar-refractivity contribution >= 4 is 0 Å². The molecule has 3 rings (SSSR count). The zero-order chi connectivity index (χ0) is 22.7. The largest absolute Gasteiger partial charge is 0.494 e. The van der Waals surface area contributed by atoms with Crippen LogP contribution in [0.5, 0.6) is 5.75 Å². The molecule has 166 valence electrons. The molecule has 31 heavy (non-hydrogen) atoms. The van der Waals surface area contributed by atoms with Gasteiger partial charge in [-0.2, -0.15) is 0 Å². The highest BCUT2D eigenvalue weighted by Gasteiger charge is 2.40. The second kappa shape index (κ2) is 12.2. The summed E-state index contributed by atoms with van der Waals surface area (Å²) >= 11 is 0. The van der Waals surface area contributed by atoms with Crippen LogP contribution in [0.15, 0.2) is 78.9 Å². The van der Waals surface area contributed by atoms with Gasteiger partial charge in [0.25, 0.3) is 0 Å². The Labute approximate surface area is 184 Å². The molecule has 0 spiro atoms. The van der Waals surface area contributed by atoms with Crippen LogP contribution >= 0.6 is 0 Å². The van der Waals surface area contributed by atoms with Gasteiger partial charge >= 0.3 is 0 Å². The first-order valence-electron chi connectivity index (χ1n) is 10.5. The highest BCUT2D eigenvalue weighted by molar-refractivity contribution is 5.43. The molecule has 0 saturated heterocycles. The fourth-order valence-corrected chi connectivity index (χ4v) is 3.68. The van der Waals surface area contributed by atoms with Crippen LogP contribution in [0, 0.1) is 5.82 Å². The second-order valence-corrected chi connectivity index (χ2v) is 7.21. The first kappa shape index (κ1) is 24.5. The van der Waals surface area contributed by atoms with Crippen molar-refractivity contribution < 1.29 is 19.3 Å². The molecule has 0 aliphatic rings. The summed E-state index contributed by atoms with van der Waals surface area (Å²) < 4.78 is 19.1. The maximum atomic E-state index is 13.5. The van der Waals surface area contributed by atoms with Gasteiger partial charge in [-0.3, -0.25) is 0 Å². The van der Waals surface area contributed by atoms with Gasteiger partial charge in [0.05, 0.1) is 6.61 Å². The van der Waals surface area contributed by atoms with Crippen LogP contribution in [0.25, 0.3) is 0 Å². The molecule has 5 heteroatoms. The standard InChI is InChI=1S/C24H25FO3.C2H7N/c1-2-28-22-14-10-20(11-15-22)24(27,19-8-12-21(25)13-9-19)23(16-17-26)18-6-4-3-5-7-18;1-3-2/h3-15,23,26-27H,2,16-17H2,1H3;3H,1-2H3. The molecule has 0 heterocycles. The maximum absolute atomic E-state index is 13.5. The van der Waals surface area contributed by atoms with E-state index in [-0.39, 0.29) is 12.4 Å². The summed E-state index contributed by atoms with van der Waals surface area (Å²) in [6, 6.07) is 22.7. The van der Waals surface area contributed by atoms with E-state index in [1.807, 2.05) is 75.6 Å². The lowest BCUT2D eigenvalue weighted by atomic mass is 9.71. The van der Waals surface area contributed by atoms with Gasteiger partial charge in [0, 0.05) is 12.5 Å². The SMILES string of the molecule is CCOc1ccc(C(O)(c2ccc(F)cc2)C(CCO)c2ccccc2)cc1.CNC. The van der Waals surface area contributed by atoms with E-state index in [1.54, 1.807) is 12.1 Å². The molecule has 0 saturated carbocycles. The number of benzene rings is 3. The number of rotatable bonds is 8. The van der Waals surface area contributed by atoms with E-state index >= 15 is 0 Å². The smallest absolute Gasteiger partial charge is 0.123 e. The van der Waals surface area contributed by atoms with E-state index in [4.69, 9.17) is 4.74 Å². The average Bonchev–Trinajstić information content (AvgIpc) is 2.79. The summed E-state index contributed by atoms with van der Waals surface area (Å²) in [5.74, 6) is -0.0653. The van der Waals surface area contributed by atoms with Crippen molar-refractivity contribution in [3.05, 3.63) is 101 Å². The third-order valence-electron chi connectivity index (χ3n) is 5.01. The van der Waals surface area contributed by atoms with Gasteiger partial charge in [-0.15, -0.1) is 0 Å². The number of hydrogen-bond donors (Lipinski definition) is 3. The quantitative estimate of drug-likeness (QED) is 0.499. The molecule has 0 aliphatic carbocycles. The lowest BCUT2D eigenvalue weighted by Gasteiger charge is -2.38. The molecule has 2 unspecified atom stereocenters. The topological polar surface area (TPSA) is 61.7 Å². The normalized spacial score (nSPS) is 13.5. The molecule has 3 aromatic rings.